The number of carbonyl (C=O) groups is 1. The number of rotatable bonds is 8. The summed E-state index contributed by atoms with van der Waals surface area (Å²) in [7, 11) is 3.96. The highest BCUT2D eigenvalue weighted by Crippen LogP contribution is 2.22. The number of benzene rings is 1. The first-order valence-electron chi connectivity index (χ1n) is 6.70. The van der Waals surface area contributed by atoms with E-state index in [2.05, 4.69) is 10.2 Å². The predicted molar refractivity (Wildman–Crippen MR) is 79.5 cm³/mol. The van der Waals surface area contributed by atoms with Crippen LogP contribution < -0.4 is 5.32 Å². The number of nitro benzene ring substituents is 1. The van der Waals surface area contributed by atoms with Gasteiger partial charge in [0.2, 0.25) is 0 Å². The molecule has 1 aromatic rings. The lowest BCUT2D eigenvalue weighted by Gasteiger charge is -2.17. The van der Waals surface area contributed by atoms with Crippen molar-refractivity contribution in [2.24, 2.45) is 0 Å². The van der Waals surface area contributed by atoms with Crippen LogP contribution in [0, 0.1) is 10.1 Å². The van der Waals surface area contributed by atoms with E-state index in [4.69, 9.17) is 0 Å². The molecule has 0 spiro atoms. The molecule has 1 aromatic carbocycles. The van der Waals surface area contributed by atoms with E-state index < -0.39 is 10.9 Å². The molecule has 0 heterocycles. The molecule has 0 aliphatic heterocycles. The molecule has 2 N–H and O–H groups in total. The normalized spacial score (nSPS) is 12.4. The van der Waals surface area contributed by atoms with Crippen LogP contribution in [0.1, 0.15) is 29.3 Å². The van der Waals surface area contributed by atoms with Crippen molar-refractivity contribution in [1.82, 2.24) is 10.2 Å². The Morgan fingerprint density at radius 3 is 2.67 bits per heavy atom. The van der Waals surface area contributed by atoms with Crippen LogP contribution in [-0.4, -0.2) is 47.6 Å². The van der Waals surface area contributed by atoms with E-state index in [1.54, 1.807) is 6.07 Å². The molecule has 1 unspecified atom stereocenters. The lowest BCUT2D eigenvalue weighted by molar-refractivity contribution is -0.385. The highest BCUT2D eigenvalue weighted by Gasteiger charge is 2.23. The van der Waals surface area contributed by atoms with Crippen LogP contribution in [-0.2, 0) is 6.54 Å². The summed E-state index contributed by atoms with van der Waals surface area (Å²) in [6.07, 6.45) is 0.907. The number of nitrogens with one attached hydrogen (secondary N) is 1. The molecule has 0 saturated heterocycles. The first-order valence-corrected chi connectivity index (χ1v) is 6.70. The molecule has 0 aliphatic rings. The summed E-state index contributed by atoms with van der Waals surface area (Å²) in [4.78, 5) is 23.6. The number of hydrogen-bond acceptors (Lipinski definition) is 5. The van der Waals surface area contributed by atoms with Crippen LogP contribution in [0.15, 0.2) is 18.2 Å². The zero-order chi connectivity index (χ0) is 16.0. The van der Waals surface area contributed by atoms with E-state index in [1.807, 2.05) is 21.0 Å². The molecule has 1 rings (SSSR count). The fourth-order valence-corrected chi connectivity index (χ4v) is 1.97. The number of nitrogens with zero attached hydrogens (tertiary/aromatic N) is 2. The van der Waals surface area contributed by atoms with Crippen molar-refractivity contribution in [2.45, 2.75) is 25.9 Å². The largest absolute Gasteiger partial charge is 0.477 e. The molecule has 0 amide bonds. The zero-order valence-corrected chi connectivity index (χ0v) is 12.5. The van der Waals surface area contributed by atoms with Crippen LogP contribution in [0.3, 0.4) is 0 Å². The summed E-state index contributed by atoms with van der Waals surface area (Å²) in [5.41, 5.74) is -0.189. The Balaban J connectivity index is 2.81. The third-order valence-corrected chi connectivity index (χ3v) is 3.19. The summed E-state index contributed by atoms with van der Waals surface area (Å²) < 4.78 is 0. The van der Waals surface area contributed by atoms with E-state index in [0.717, 1.165) is 13.0 Å². The van der Waals surface area contributed by atoms with Crippen molar-refractivity contribution in [2.75, 3.05) is 20.6 Å². The Morgan fingerprint density at radius 1 is 1.48 bits per heavy atom. The fraction of sp³-hybridized carbons (Fsp3) is 0.500. The fourth-order valence-electron chi connectivity index (χ4n) is 1.97. The second-order valence-electron chi connectivity index (χ2n) is 5.25. The zero-order valence-electron chi connectivity index (χ0n) is 12.5. The van der Waals surface area contributed by atoms with Gasteiger partial charge in [-0.1, -0.05) is 12.1 Å². The van der Waals surface area contributed by atoms with Crippen molar-refractivity contribution >= 4 is 11.7 Å². The van der Waals surface area contributed by atoms with Crippen LogP contribution in [0.4, 0.5) is 5.69 Å². The van der Waals surface area contributed by atoms with E-state index in [1.165, 1.54) is 12.1 Å². The second-order valence-corrected chi connectivity index (χ2v) is 5.25. The van der Waals surface area contributed by atoms with Gasteiger partial charge in [-0.3, -0.25) is 10.1 Å². The molecule has 0 fully saturated rings. The summed E-state index contributed by atoms with van der Waals surface area (Å²) >= 11 is 0. The van der Waals surface area contributed by atoms with Crippen LogP contribution >= 0.6 is 0 Å². The van der Waals surface area contributed by atoms with Gasteiger partial charge < -0.3 is 15.3 Å². The van der Waals surface area contributed by atoms with E-state index in [-0.39, 0.29) is 23.8 Å². The Kier molecular flexibility index (Phi) is 6.26. The van der Waals surface area contributed by atoms with Crippen molar-refractivity contribution in [1.29, 1.82) is 0 Å². The molecule has 0 aliphatic carbocycles. The van der Waals surface area contributed by atoms with E-state index in [0.29, 0.717) is 5.56 Å². The van der Waals surface area contributed by atoms with E-state index in [9.17, 15) is 20.0 Å². The van der Waals surface area contributed by atoms with Gasteiger partial charge in [0.1, 0.15) is 5.56 Å². The van der Waals surface area contributed by atoms with Gasteiger partial charge in [-0.2, -0.15) is 0 Å². The van der Waals surface area contributed by atoms with Crippen molar-refractivity contribution in [3.8, 4) is 0 Å². The minimum Gasteiger partial charge on any atom is -0.477 e. The molecule has 0 radical (unpaired) electrons. The molecule has 0 saturated carbocycles. The number of aromatic carboxylic acids is 1. The molecule has 0 aromatic heterocycles. The number of hydrogen-bond donors (Lipinski definition) is 2. The molecular formula is C14H21N3O4. The van der Waals surface area contributed by atoms with Gasteiger partial charge in [0.25, 0.3) is 5.69 Å². The maximum absolute atomic E-state index is 11.3. The molecule has 7 nitrogen and oxygen atoms in total. The number of nitro groups is 1. The Bertz CT molecular complexity index is 517. The predicted octanol–water partition coefficient (Wildman–Crippen LogP) is 1.72. The second kappa shape index (κ2) is 7.70. The SMILES string of the molecule is CC(CCN(C)C)NCc1cccc([N+](=O)[O-])c1C(=O)O. The third kappa shape index (κ3) is 5.13. The van der Waals surface area contributed by atoms with Crippen LogP contribution in [0.5, 0.6) is 0 Å². The van der Waals surface area contributed by atoms with Gasteiger partial charge in [0.05, 0.1) is 4.92 Å². The van der Waals surface area contributed by atoms with Gasteiger partial charge in [0, 0.05) is 18.7 Å². The lowest BCUT2D eigenvalue weighted by Crippen LogP contribution is -2.30. The average Bonchev–Trinajstić information content (AvgIpc) is 2.41. The first kappa shape index (κ1) is 17.1. The summed E-state index contributed by atoms with van der Waals surface area (Å²) in [5, 5.41) is 23.3. The maximum atomic E-state index is 11.3. The Hall–Kier alpha value is -1.99. The number of carboxylic acids is 1. The Labute approximate surface area is 123 Å². The monoisotopic (exact) mass is 295 g/mol. The average molecular weight is 295 g/mol. The first-order chi connectivity index (χ1) is 9.82. The smallest absolute Gasteiger partial charge is 0.343 e. The van der Waals surface area contributed by atoms with Gasteiger partial charge in [-0.15, -0.1) is 0 Å². The molecule has 21 heavy (non-hydrogen) atoms. The summed E-state index contributed by atoms with van der Waals surface area (Å²) in [6, 6.07) is 4.50. The summed E-state index contributed by atoms with van der Waals surface area (Å²) in [5.74, 6) is -1.28. The standard InChI is InChI=1S/C14H21N3O4/c1-10(7-8-16(2)3)15-9-11-5-4-6-12(17(20)21)13(11)14(18)19/h4-6,10,15H,7-9H2,1-3H3,(H,18,19). The molecule has 116 valence electrons. The van der Waals surface area contributed by atoms with Crippen LogP contribution in [0.25, 0.3) is 0 Å². The summed E-state index contributed by atoms with van der Waals surface area (Å²) in [6.45, 7) is 3.20. The van der Waals surface area contributed by atoms with Crippen molar-refractivity contribution < 1.29 is 14.8 Å². The Morgan fingerprint density at radius 2 is 2.14 bits per heavy atom. The number of carboxylic acid groups (broad SMARTS) is 1. The molecule has 7 heteroatoms. The molecule has 0 bridgehead atoms. The molecule has 1 atom stereocenters. The highest BCUT2D eigenvalue weighted by atomic mass is 16.6. The molecular weight excluding hydrogens is 274 g/mol. The van der Waals surface area contributed by atoms with Crippen LogP contribution in [0.2, 0.25) is 0 Å². The van der Waals surface area contributed by atoms with Gasteiger partial charge >= 0.3 is 5.97 Å². The van der Waals surface area contributed by atoms with Crippen molar-refractivity contribution in [3.05, 3.63) is 39.4 Å². The minimum atomic E-state index is -1.28. The lowest BCUT2D eigenvalue weighted by atomic mass is 10.0. The third-order valence-electron chi connectivity index (χ3n) is 3.19. The van der Waals surface area contributed by atoms with Gasteiger partial charge in [-0.05, 0) is 39.5 Å². The minimum absolute atomic E-state index is 0.188. The van der Waals surface area contributed by atoms with Gasteiger partial charge in [0.15, 0.2) is 0 Å². The van der Waals surface area contributed by atoms with E-state index >= 15 is 0 Å². The van der Waals surface area contributed by atoms with Gasteiger partial charge in [-0.25, -0.2) is 4.79 Å². The van der Waals surface area contributed by atoms with Crippen molar-refractivity contribution in [3.63, 3.8) is 0 Å². The quantitative estimate of drug-likeness (QED) is 0.560. The highest BCUT2D eigenvalue weighted by molar-refractivity contribution is 5.94. The topological polar surface area (TPSA) is 95.7 Å². The maximum Gasteiger partial charge on any atom is 0.343 e.